The Balaban J connectivity index is 1.77. The Bertz CT molecular complexity index is 871. The van der Waals surface area contributed by atoms with Gasteiger partial charge in [0.05, 0.1) is 5.56 Å². The molecule has 166 valence electrons. The first-order valence-electron chi connectivity index (χ1n) is 11.7. The number of unbranched alkanes of at least 4 members (excludes halogenated alkanes) is 1. The highest BCUT2D eigenvalue weighted by atomic mass is 16.2. The molecule has 0 saturated carbocycles. The Kier molecular flexibility index (Phi) is 8.51. The van der Waals surface area contributed by atoms with Crippen molar-refractivity contribution in [2.24, 2.45) is 0 Å². The minimum atomic E-state index is -0.160. The van der Waals surface area contributed by atoms with Crippen LogP contribution in [0.4, 0.5) is 11.4 Å². The van der Waals surface area contributed by atoms with Gasteiger partial charge in [-0.05, 0) is 74.4 Å². The highest BCUT2D eigenvalue weighted by Crippen LogP contribution is 2.27. The van der Waals surface area contributed by atoms with Crippen LogP contribution >= 0.6 is 0 Å². The van der Waals surface area contributed by atoms with Gasteiger partial charge in [-0.3, -0.25) is 9.59 Å². The second-order valence-electron chi connectivity index (χ2n) is 8.29. The van der Waals surface area contributed by atoms with Gasteiger partial charge in [0.1, 0.15) is 0 Å². The van der Waals surface area contributed by atoms with Gasteiger partial charge >= 0.3 is 0 Å². The van der Waals surface area contributed by atoms with Gasteiger partial charge in [0, 0.05) is 36.6 Å². The number of piperidine rings is 1. The van der Waals surface area contributed by atoms with Crippen LogP contribution in [0.25, 0.3) is 0 Å². The summed E-state index contributed by atoms with van der Waals surface area (Å²) in [6.07, 6.45) is 7.74. The fraction of sp³-hybridized carbons (Fsp3) is 0.462. The van der Waals surface area contributed by atoms with Crippen LogP contribution in [-0.2, 0) is 6.42 Å². The van der Waals surface area contributed by atoms with E-state index in [1.54, 1.807) is 0 Å². The summed E-state index contributed by atoms with van der Waals surface area (Å²) >= 11 is 0. The van der Waals surface area contributed by atoms with Crippen molar-refractivity contribution in [1.29, 1.82) is 0 Å². The maximum Gasteiger partial charge on any atom is 0.255 e. The van der Waals surface area contributed by atoms with E-state index >= 15 is 0 Å². The van der Waals surface area contributed by atoms with Crippen molar-refractivity contribution in [2.45, 2.75) is 58.8 Å². The molecule has 1 fully saturated rings. The third kappa shape index (κ3) is 6.33. The molecule has 2 amide bonds. The predicted octanol–water partition coefficient (Wildman–Crippen LogP) is 5.41. The smallest absolute Gasteiger partial charge is 0.255 e. The fourth-order valence-corrected chi connectivity index (χ4v) is 3.95. The topological polar surface area (TPSA) is 61.4 Å². The molecular formula is C26H35N3O2. The summed E-state index contributed by atoms with van der Waals surface area (Å²) in [6, 6.07) is 13.5. The molecule has 0 atom stereocenters. The van der Waals surface area contributed by atoms with E-state index in [9.17, 15) is 9.59 Å². The zero-order chi connectivity index (χ0) is 22.1. The first-order chi connectivity index (χ1) is 15.1. The van der Waals surface area contributed by atoms with Gasteiger partial charge < -0.3 is 15.5 Å². The summed E-state index contributed by atoms with van der Waals surface area (Å²) in [4.78, 5) is 27.9. The lowest BCUT2D eigenvalue weighted by atomic mass is 10.0. The highest BCUT2D eigenvalue weighted by molar-refractivity contribution is 6.06. The number of nitrogens with zero attached hydrogens (tertiary/aromatic N) is 1. The molecule has 1 aliphatic heterocycles. The van der Waals surface area contributed by atoms with E-state index in [2.05, 4.69) is 22.5 Å². The summed E-state index contributed by atoms with van der Waals surface area (Å²) in [7, 11) is 0. The monoisotopic (exact) mass is 421 g/mol. The molecule has 1 aliphatic rings. The van der Waals surface area contributed by atoms with Crippen LogP contribution in [-0.4, -0.2) is 31.4 Å². The molecule has 0 radical (unpaired) electrons. The second-order valence-corrected chi connectivity index (χ2v) is 8.29. The molecule has 0 bridgehead atoms. The largest absolute Gasteiger partial charge is 0.371 e. The molecule has 1 saturated heterocycles. The molecule has 2 N–H and O–H groups in total. The Hall–Kier alpha value is -2.82. The van der Waals surface area contributed by atoms with Gasteiger partial charge in [0.25, 0.3) is 11.8 Å². The van der Waals surface area contributed by atoms with Crippen molar-refractivity contribution in [2.75, 3.05) is 29.9 Å². The minimum absolute atomic E-state index is 0.0844. The molecule has 5 nitrogen and oxygen atoms in total. The molecular weight excluding hydrogens is 386 g/mol. The van der Waals surface area contributed by atoms with Crippen LogP contribution in [0, 0.1) is 0 Å². The highest BCUT2D eigenvalue weighted by Gasteiger charge is 2.19. The summed E-state index contributed by atoms with van der Waals surface area (Å²) in [5.41, 5.74) is 4.09. The SMILES string of the molecule is CCCCc1ccc(C(=O)Nc2ccc(N3CCCCC3)c(C(=O)NCCC)c2)cc1. The summed E-state index contributed by atoms with van der Waals surface area (Å²) in [6.45, 7) is 6.78. The van der Waals surface area contributed by atoms with Gasteiger partial charge in [0.2, 0.25) is 0 Å². The first kappa shape index (κ1) is 22.9. The molecule has 0 aromatic heterocycles. The average Bonchev–Trinajstić information content (AvgIpc) is 2.82. The fourth-order valence-electron chi connectivity index (χ4n) is 3.95. The lowest BCUT2D eigenvalue weighted by Crippen LogP contribution is -2.33. The van der Waals surface area contributed by atoms with Crippen molar-refractivity contribution < 1.29 is 9.59 Å². The Morgan fingerprint density at radius 3 is 2.32 bits per heavy atom. The average molecular weight is 422 g/mol. The van der Waals surface area contributed by atoms with Crippen LogP contribution < -0.4 is 15.5 Å². The molecule has 3 rings (SSSR count). The molecule has 31 heavy (non-hydrogen) atoms. The maximum absolute atomic E-state index is 12.8. The lowest BCUT2D eigenvalue weighted by Gasteiger charge is -2.30. The number of carbonyl (C=O) groups is 2. The first-order valence-corrected chi connectivity index (χ1v) is 11.7. The Morgan fingerprint density at radius 1 is 0.903 bits per heavy atom. The van der Waals surface area contributed by atoms with Crippen molar-refractivity contribution in [3.8, 4) is 0 Å². The van der Waals surface area contributed by atoms with Crippen molar-refractivity contribution >= 4 is 23.2 Å². The van der Waals surface area contributed by atoms with E-state index in [1.165, 1.54) is 12.0 Å². The van der Waals surface area contributed by atoms with E-state index in [0.29, 0.717) is 23.4 Å². The molecule has 1 heterocycles. The third-order valence-electron chi connectivity index (χ3n) is 5.77. The Labute approximate surface area is 186 Å². The lowest BCUT2D eigenvalue weighted by molar-refractivity contribution is 0.0952. The van der Waals surface area contributed by atoms with E-state index in [4.69, 9.17) is 0 Å². The van der Waals surface area contributed by atoms with Crippen LogP contribution in [0.3, 0.4) is 0 Å². The van der Waals surface area contributed by atoms with Crippen molar-refractivity contribution in [1.82, 2.24) is 5.32 Å². The van der Waals surface area contributed by atoms with Gasteiger partial charge in [-0.15, -0.1) is 0 Å². The second kappa shape index (κ2) is 11.5. The van der Waals surface area contributed by atoms with Crippen molar-refractivity contribution in [3.63, 3.8) is 0 Å². The molecule has 5 heteroatoms. The van der Waals surface area contributed by atoms with Gasteiger partial charge in [-0.1, -0.05) is 32.4 Å². The molecule has 0 aliphatic carbocycles. The number of aryl methyl sites for hydroxylation is 1. The van der Waals surface area contributed by atoms with Gasteiger partial charge in [-0.25, -0.2) is 0 Å². The summed E-state index contributed by atoms with van der Waals surface area (Å²) in [5, 5.41) is 5.95. The molecule has 2 aromatic carbocycles. The van der Waals surface area contributed by atoms with E-state index in [1.807, 2.05) is 49.4 Å². The maximum atomic E-state index is 12.8. The summed E-state index contributed by atoms with van der Waals surface area (Å²) in [5.74, 6) is -0.244. The molecule has 2 aromatic rings. The zero-order valence-electron chi connectivity index (χ0n) is 18.9. The van der Waals surface area contributed by atoms with E-state index in [-0.39, 0.29) is 11.8 Å². The van der Waals surface area contributed by atoms with Crippen LogP contribution in [0.5, 0.6) is 0 Å². The number of rotatable bonds is 9. The number of hydrogen-bond acceptors (Lipinski definition) is 3. The zero-order valence-corrected chi connectivity index (χ0v) is 18.9. The van der Waals surface area contributed by atoms with E-state index < -0.39 is 0 Å². The number of benzene rings is 2. The molecule has 0 spiro atoms. The third-order valence-corrected chi connectivity index (χ3v) is 5.77. The quantitative estimate of drug-likeness (QED) is 0.569. The van der Waals surface area contributed by atoms with Crippen molar-refractivity contribution in [3.05, 3.63) is 59.2 Å². The summed E-state index contributed by atoms with van der Waals surface area (Å²) < 4.78 is 0. The normalized spacial score (nSPS) is 13.7. The Morgan fingerprint density at radius 2 is 1.65 bits per heavy atom. The number of hydrogen-bond donors (Lipinski definition) is 2. The van der Waals surface area contributed by atoms with Gasteiger partial charge in [-0.2, -0.15) is 0 Å². The van der Waals surface area contributed by atoms with E-state index in [0.717, 1.165) is 57.3 Å². The number of anilines is 2. The number of nitrogens with one attached hydrogen (secondary N) is 2. The predicted molar refractivity (Wildman–Crippen MR) is 128 cm³/mol. The molecule has 0 unspecified atom stereocenters. The minimum Gasteiger partial charge on any atom is -0.371 e. The van der Waals surface area contributed by atoms with Crippen LogP contribution in [0.15, 0.2) is 42.5 Å². The standard InChI is InChI=1S/C26H35N3O2/c1-3-5-9-20-10-12-21(13-11-20)25(30)28-22-14-15-24(29-17-7-6-8-18-29)23(19-22)26(31)27-16-4-2/h10-15,19H,3-9,16-18H2,1-2H3,(H,27,31)(H,28,30). The van der Waals surface area contributed by atoms with Crippen LogP contribution in [0.1, 0.15) is 78.7 Å². The number of carbonyl (C=O) groups excluding carboxylic acids is 2. The number of amides is 2. The van der Waals surface area contributed by atoms with Crippen LogP contribution in [0.2, 0.25) is 0 Å². The van der Waals surface area contributed by atoms with Gasteiger partial charge in [0.15, 0.2) is 0 Å².